The van der Waals surface area contributed by atoms with E-state index in [-0.39, 0.29) is 11.4 Å². The Hall–Kier alpha value is -2.62. The highest BCUT2D eigenvalue weighted by molar-refractivity contribution is 9.10. The molecule has 0 bridgehead atoms. The quantitative estimate of drug-likeness (QED) is 0.446. The largest absolute Gasteiger partial charge is 0.507 e. The van der Waals surface area contributed by atoms with Crippen LogP contribution in [-0.2, 0) is 6.18 Å². The zero-order chi connectivity index (χ0) is 17.9. The summed E-state index contributed by atoms with van der Waals surface area (Å²) in [6.45, 7) is 0. The average Bonchev–Trinajstić information content (AvgIpc) is 2.49. The van der Waals surface area contributed by atoms with Crippen LogP contribution in [0.3, 0.4) is 0 Å². The number of nitrogens with zero attached hydrogens (tertiary/aromatic N) is 2. The summed E-state index contributed by atoms with van der Waals surface area (Å²) in [6, 6.07) is 6.60. The fourth-order valence-electron chi connectivity index (χ4n) is 1.75. The highest BCUT2D eigenvalue weighted by Gasteiger charge is 2.33. The highest BCUT2D eigenvalue weighted by Crippen LogP contribution is 2.35. The molecule has 0 fully saturated rings. The number of aromatic hydroxyl groups is 1. The number of alkyl halides is 3. The van der Waals surface area contributed by atoms with Crippen molar-refractivity contribution in [3.8, 4) is 5.75 Å². The van der Waals surface area contributed by atoms with E-state index in [1.54, 1.807) is 12.1 Å². The van der Waals surface area contributed by atoms with Crippen LogP contribution in [0.5, 0.6) is 5.75 Å². The zero-order valence-electron chi connectivity index (χ0n) is 11.7. The normalized spacial score (nSPS) is 11.7. The molecule has 0 heterocycles. The molecule has 2 aromatic rings. The first kappa shape index (κ1) is 17.7. The van der Waals surface area contributed by atoms with Crippen LogP contribution in [0.25, 0.3) is 0 Å². The molecule has 0 aliphatic heterocycles. The van der Waals surface area contributed by atoms with Crippen molar-refractivity contribution in [3.05, 3.63) is 62.1 Å². The van der Waals surface area contributed by atoms with Crippen molar-refractivity contribution in [2.75, 3.05) is 5.43 Å². The molecule has 0 aliphatic carbocycles. The van der Waals surface area contributed by atoms with E-state index in [9.17, 15) is 28.4 Å². The molecule has 24 heavy (non-hydrogen) atoms. The van der Waals surface area contributed by atoms with Crippen LogP contribution in [-0.4, -0.2) is 16.2 Å². The molecular formula is C14H9BrF3N3O3. The maximum absolute atomic E-state index is 12.6. The summed E-state index contributed by atoms with van der Waals surface area (Å²) in [5, 5.41) is 24.3. The lowest BCUT2D eigenvalue weighted by atomic mass is 10.1. The lowest BCUT2D eigenvalue weighted by Crippen LogP contribution is -2.06. The van der Waals surface area contributed by atoms with E-state index in [0.29, 0.717) is 22.2 Å². The first-order chi connectivity index (χ1) is 11.2. The van der Waals surface area contributed by atoms with Crippen molar-refractivity contribution in [1.82, 2.24) is 0 Å². The standard InChI is InChI=1S/C14H9BrF3N3O3/c15-10-2-4-13(22)8(5-10)7-19-20-11-3-1-9(14(16,17)18)6-12(11)21(23)24/h1-7,20,22H. The van der Waals surface area contributed by atoms with Crippen LogP contribution in [0.1, 0.15) is 11.1 Å². The number of nitrogens with one attached hydrogen (secondary N) is 1. The van der Waals surface area contributed by atoms with Gasteiger partial charge in [0.15, 0.2) is 0 Å². The number of nitro groups is 1. The van der Waals surface area contributed by atoms with Crippen molar-refractivity contribution in [2.45, 2.75) is 6.18 Å². The monoisotopic (exact) mass is 403 g/mol. The van der Waals surface area contributed by atoms with E-state index in [0.717, 1.165) is 6.07 Å². The Morgan fingerprint density at radius 3 is 2.58 bits per heavy atom. The van der Waals surface area contributed by atoms with Crippen LogP contribution in [0.4, 0.5) is 24.5 Å². The number of hydrazone groups is 1. The van der Waals surface area contributed by atoms with Gasteiger partial charge in [-0.2, -0.15) is 18.3 Å². The Kier molecular flexibility index (Phi) is 5.07. The molecule has 0 saturated heterocycles. The highest BCUT2D eigenvalue weighted by atomic mass is 79.9. The predicted molar refractivity (Wildman–Crippen MR) is 85.1 cm³/mol. The van der Waals surface area contributed by atoms with Crippen molar-refractivity contribution in [3.63, 3.8) is 0 Å². The zero-order valence-corrected chi connectivity index (χ0v) is 13.3. The molecule has 6 nitrogen and oxygen atoms in total. The number of hydrogen-bond acceptors (Lipinski definition) is 5. The number of rotatable bonds is 4. The molecule has 2 N–H and O–H groups in total. The third-order valence-corrected chi connectivity index (χ3v) is 3.39. The van der Waals surface area contributed by atoms with Gasteiger partial charge in [-0.1, -0.05) is 15.9 Å². The van der Waals surface area contributed by atoms with Gasteiger partial charge in [0, 0.05) is 16.1 Å². The second-order valence-corrected chi connectivity index (χ2v) is 5.48. The van der Waals surface area contributed by atoms with Crippen molar-refractivity contribution in [2.24, 2.45) is 5.10 Å². The Labute approximate surface area is 141 Å². The minimum Gasteiger partial charge on any atom is -0.507 e. The Morgan fingerprint density at radius 1 is 1.25 bits per heavy atom. The van der Waals surface area contributed by atoms with E-state index < -0.39 is 22.4 Å². The maximum Gasteiger partial charge on any atom is 0.416 e. The van der Waals surface area contributed by atoms with Crippen LogP contribution >= 0.6 is 15.9 Å². The molecule has 2 aromatic carbocycles. The summed E-state index contributed by atoms with van der Waals surface area (Å²) >= 11 is 3.20. The van der Waals surface area contributed by atoms with Crippen molar-refractivity contribution < 1.29 is 23.2 Å². The fourth-order valence-corrected chi connectivity index (χ4v) is 2.13. The van der Waals surface area contributed by atoms with Gasteiger partial charge in [-0.3, -0.25) is 15.5 Å². The van der Waals surface area contributed by atoms with Crippen LogP contribution < -0.4 is 5.43 Å². The summed E-state index contributed by atoms with van der Waals surface area (Å²) in [6.07, 6.45) is -3.50. The Morgan fingerprint density at radius 2 is 1.96 bits per heavy atom. The molecule has 0 amide bonds. The predicted octanol–water partition coefficient (Wildman–Crippen LogP) is 4.53. The van der Waals surface area contributed by atoms with Gasteiger partial charge >= 0.3 is 6.18 Å². The summed E-state index contributed by atoms with van der Waals surface area (Å²) in [7, 11) is 0. The number of phenols is 1. The Balaban J connectivity index is 2.28. The van der Waals surface area contributed by atoms with Gasteiger partial charge in [-0.25, -0.2) is 0 Å². The number of hydrogen-bond donors (Lipinski definition) is 2. The van der Waals surface area contributed by atoms with Gasteiger partial charge < -0.3 is 5.11 Å². The summed E-state index contributed by atoms with van der Waals surface area (Å²) in [5.41, 5.74) is 0.510. The summed E-state index contributed by atoms with van der Waals surface area (Å²) < 4.78 is 38.5. The average molecular weight is 404 g/mol. The summed E-state index contributed by atoms with van der Waals surface area (Å²) in [5.74, 6) is -0.0781. The SMILES string of the molecule is O=[N+]([O-])c1cc(C(F)(F)F)ccc1NN=Cc1cc(Br)ccc1O. The van der Waals surface area contributed by atoms with E-state index in [2.05, 4.69) is 26.5 Å². The minimum absolute atomic E-state index is 0.0781. The second kappa shape index (κ2) is 6.87. The smallest absolute Gasteiger partial charge is 0.416 e. The van der Waals surface area contributed by atoms with Crippen LogP contribution in [0, 0.1) is 10.1 Å². The number of benzene rings is 2. The molecule has 0 unspecified atom stereocenters. The number of halogens is 4. The topological polar surface area (TPSA) is 87.8 Å². The van der Waals surface area contributed by atoms with E-state index >= 15 is 0 Å². The fraction of sp³-hybridized carbons (Fsp3) is 0.0714. The molecule has 0 spiro atoms. The second-order valence-electron chi connectivity index (χ2n) is 4.56. The lowest BCUT2D eigenvalue weighted by Gasteiger charge is -2.08. The molecular weight excluding hydrogens is 395 g/mol. The number of anilines is 1. The molecule has 126 valence electrons. The molecule has 0 aromatic heterocycles. The van der Waals surface area contributed by atoms with Gasteiger partial charge in [-0.15, -0.1) is 0 Å². The van der Waals surface area contributed by atoms with Gasteiger partial charge in [0.05, 0.1) is 16.7 Å². The minimum atomic E-state index is -4.69. The molecule has 0 atom stereocenters. The third kappa shape index (κ3) is 4.22. The maximum atomic E-state index is 12.6. The third-order valence-electron chi connectivity index (χ3n) is 2.90. The molecule has 0 aliphatic rings. The molecule has 0 saturated carbocycles. The van der Waals surface area contributed by atoms with Gasteiger partial charge in [-0.05, 0) is 30.3 Å². The summed E-state index contributed by atoms with van der Waals surface area (Å²) in [4.78, 5) is 9.99. The molecule has 10 heteroatoms. The van der Waals surface area contributed by atoms with E-state index in [4.69, 9.17) is 0 Å². The molecule has 2 rings (SSSR count). The number of phenolic OH excluding ortho intramolecular Hbond substituents is 1. The lowest BCUT2D eigenvalue weighted by molar-refractivity contribution is -0.384. The Bertz CT molecular complexity index is 810. The van der Waals surface area contributed by atoms with Crippen LogP contribution in [0.15, 0.2) is 46.0 Å². The molecule has 0 radical (unpaired) electrons. The van der Waals surface area contributed by atoms with Gasteiger partial charge in [0.2, 0.25) is 0 Å². The van der Waals surface area contributed by atoms with Crippen molar-refractivity contribution in [1.29, 1.82) is 0 Å². The first-order valence-corrected chi connectivity index (χ1v) is 7.11. The van der Waals surface area contributed by atoms with Gasteiger partial charge in [0.25, 0.3) is 5.69 Å². The number of nitro benzene ring substituents is 1. The van der Waals surface area contributed by atoms with Crippen LogP contribution in [0.2, 0.25) is 0 Å². The first-order valence-electron chi connectivity index (χ1n) is 6.31. The van der Waals surface area contributed by atoms with E-state index in [1.165, 1.54) is 12.3 Å². The van der Waals surface area contributed by atoms with Gasteiger partial charge in [0.1, 0.15) is 11.4 Å². The van der Waals surface area contributed by atoms with Crippen molar-refractivity contribution >= 4 is 33.5 Å². The van der Waals surface area contributed by atoms with E-state index in [1.807, 2.05) is 0 Å².